The van der Waals surface area contributed by atoms with Crippen LogP contribution in [0.5, 0.6) is 0 Å². The Morgan fingerprint density at radius 2 is 1.94 bits per heavy atom. The molecule has 0 aromatic heterocycles. The van der Waals surface area contributed by atoms with Crippen molar-refractivity contribution in [1.82, 2.24) is 0 Å². The van der Waals surface area contributed by atoms with Crippen molar-refractivity contribution in [2.45, 2.75) is 32.7 Å². The van der Waals surface area contributed by atoms with Crippen molar-refractivity contribution in [3.05, 3.63) is 29.8 Å². The maximum absolute atomic E-state index is 9.18. The molecule has 1 aromatic rings. The first-order chi connectivity index (χ1) is 8.28. The standard InChI is InChI=1S/C14H20N2O/c1-3-13(4-2)16(9-10-17)14-8-6-5-7-12(14)11-15/h5-8,13,17H,3-4,9-10H2,1-2H3. The quantitative estimate of drug-likeness (QED) is 0.820. The SMILES string of the molecule is CCC(CC)N(CCO)c1ccccc1C#N. The molecular weight excluding hydrogens is 212 g/mol. The smallest absolute Gasteiger partial charge is 0.101 e. The van der Waals surface area contributed by atoms with Crippen LogP contribution in [0.2, 0.25) is 0 Å². The van der Waals surface area contributed by atoms with E-state index in [4.69, 9.17) is 5.26 Å². The van der Waals surface area contributed by atoms with Gasteiger partial charge in [0.25, 0.3) is 0 Å². The lowest BCUT2D eigenvalue weighted by atomic mass is 10.1. The number of hydrogen-bond acceptors (Lipinski definition) is 3. The van der Waals surface area contributed by atoms with Crippen LogP contribution in [0.4, 0.5) is 5.69 Å². The minimum Gasteiger partial charge on any atom is -0.395 e. The predicted octanol–water partition coefficient (Wildman–Crippen LogP) is 2.55. The summed E-state index contributed by atoms with van der Waals surface area (Å²) < 4.78 is 0. The molecule has 0 fully saturated rings. The van der Waals surface area contributed by atoms with E-state index in [9.17, 15) is 5.11 Å². The van der Waals surface area contributed by atoms with Crippen molar-refractivity contribution >= 4 is 5.69 Å². The van der Waals surface area contributed by atoms with Crippen LogP contribution in [-0.4, -0.2) is 24.3 Å². The summed E-state index contributed by atoms with van der Waals surface area (Å²) in [6, 6.07) is 10.2. The summed E-state index contributed by atoms with van der Waals surface area (Å²) in [7, 11) is 0. The highest BCUT2D eigenvalue weighted by molar-refractivity contribution is 5.59. The molecule has 0 unspecified atom stereocenters. The van der Waals surface area contributed by atoms with Gasteiger partial charge in [0.05, 0.1) is 17.9 Å². The van der Waals surface area contributed by atoms with Crippen LogP contribution in [0.1, 0.15) is 32.3 Å². The summed E-state index contributed by atoms with van der Waals surface area (Å²) in [5.74, 6) is 0. The van der Waals surface area contributed by atoms with E-state index < -0.39 is 0 Å². The third-order valence-electron chi connectivity index (χ3n) is 3.06. The van der Waals surface area contributed by atoms with E-state index in [0.717, 1.165) is 18.5 Å². The number of hydrogen-bond donors (Lipinski definition) is 1. The van der Waals surface area contributed by atoms with Gasteiger partial charge in [0.2, 0.25) is 0 Å². The highest BCUT2D eigenvalue weighted by Crippen LogP contribution is 2.23. The molecule has 0 aliphatic rings. The largest absolute Gasteiger partial charge is 0.395 e. The van der Waals surface area contributed by atoms with E-state index in [1.165, 1.54) is 0 Å². The van der Waals surface area contributed by atoms with Crippen LogP contribution in [-0.2, 0) is 0 Å². The van der Waals surface area contributed by atoms with Gasteiger partial charge in [0, 0.05) is 12.6 Å². The summed E-state index contributed by atoms with van der Waals surface area (Å²) in [5, 5.41) is 18.3. The zero-order valence-corrected chi connectivity index (χ0v) is 10.6. The molecular formula is C14H20N2O. The fourth-order valence-electron chi connectivity index (χ4n) is 2.16. The Balaban J connectivity index is 3.09. The highest BCUT2D eigenvalue weighted by Gasteiger charge is 2.17. The number of benzene rings is 1. The van der Waals surface area contributed by atoms with Crippen molar-refractivity contribution in [1.29, 1.82) is 5.26 Å². The monoisotopic (exact) mass is 232 g/mol. The van der Waals surface area contributed by atoms with E-state index in [2.05, 4.69) is 24.8 Å². The van der Waals surface area contributed by atoms with Gasteiger partial charge in [0.15, 0.2) is 0 Å². The number of aliphatic hydroxyl groups excluding tert-OH is 1. The molecule has 92 valence electrons. The lowest BCUT2D eigenvalue weighted by Crippen LogP contribution is -2.37. The first-order valence-electron chi connectivity index (χ1n) is 6.15. The molecule has 0 saturated heterocycles. The van der Waals surface area contributed by atoms with Gasteiger partial charge in [-0.3, -0.25) is 0 Å². The minimum atomic E-state index is 0.107. The van der Waals surface area contributed by atoms with Gasteiger partial charge in [-0.25, -0.2) is 0 Å². The number of anilines is 1. The molecule has 3 nitrogen and oxygen atoms in total. The number of rotatable bonds is 6. The lowest BCUT2D eigenvalue weighted by Gasteiger charge is -2.32. The molecule has 0 aliphatic carbocycles. The molecule has 0 radical (unpaired) electrons. The Bertz CT molecular complexity index is 380. The van der Waals surface area contributed by atoms with Crippen molar-refractivity contribution < 1.29 is 5.11 Å². The fraction of sp³-hybridized carbons (Fsp3) is 0.500. The van der Waals surface area contributed by atoms with Crippen LogP contribution in [0.25, 0.3) is 0 Å². The molecule has 1 aromatic carbocycles. The van der Waals surface area contributed by atoms with Crippen LogP contribution in [0.15, 0.2) is 24.3 Å². The van der Waals surface area contributed by atoms with Crippen molar-refractivity contribution in [2.24, 2.45) is 0 Å². The number of aliphatic hydroxyl groups is 1. The minimum absolute atomic E-state index is 0.107. The zero-order valence-electron chi connectivity index (χ0n) is 10.6. The van der Waals surface area contributed by atoms with E-state index in [1.54, 1.807) is 0 Å². The molecule has 1 rings (SSSR count). The molecule has 0 saturated carbocycles. The molecule has 17 heavy (non-hydrogen) atoms. The molecule has 1 N–H and O–H groups in total. The molecule has 3 heteroatoms. The Hall–Kier alpha value is -1.53. The molecule has 0 aliphatic heterocycles. The van der Waals surface area contributed by atoms with Gasteiger partial charge in [-0.2, -0.15) is 5.26 Å². The van der Waals surface area contributed by atoms with Crippen LogP contribution in [0.3, 0.4) is 0 Å². The Morgan fingerprint density at radius 1 is 1.29 bits per heavy atom. The second kappa shape index (κ2) is 6.93. The normalized spacial score (nSPS) is 10.3. The van der Waals surface area contributed by atoms with Gasteiger partial charge in [-0.05, 0) is 25.0 Å². The van der Waals surface area contributed by atoms with Gasteiger partial charge in [-0.1, -0.05) is 26.0 Å². The Labute approximate surface area is 103 Å². The maximum Gasteiger partial charge on any atom is 0.101 e. The third-order valence-corrected chi connectivity index (χ3v) is 3.06. The topological polar surface area (TPSA) is 47.3 Å². The summed E-state index contributed by atoms with van der Waals surface area (Å²) in [5.41, 5.74) is 1.60. The molecule has 0 bridgehead atoms. The summed E-state index contributed by atoms with van der Waals surface area (Å²) in [4.78, 5) is 2.14. The van der Waals surface area contributed by atoms with Gasteiger partial charge in [0.1, 0.15) is 6.07 Å². The van der Waals surface area contributed by atoms with E-state index in [-0.39, 0.29) is 6.61 Å². The maximum atomic E-state index is 9.18. The number of para-hydroxylation sites is 1. The summed E-state index contributed by atoms with van der Waals surface area (Å²) in [6.45, 7) is 4.95. The number of nitriles is 1. The van der Waals surface area contributed by atoms with Crippen molar-refractivity contribution in [2.75, 3.05) is 18.1 Å². The summed E-state index contributed by atoms with van der Waals surface area (Å²) >= 11 is 0. The Kier molecular flexibility index (Phi) is 5.51. The van der Waals surface area contributed by atoms with E-state index in [1.807, 2.05) is 24.3 Å². The first kappa shape index (κ1) is 13.5. The number of nitrogens with zero attached hydrogens (tertiary/aromatic N) is 2. The first-order valence-corrected chi connectivity index (χ1v) is 6.15. The summed E-state index contributed by atoms with van der Waals surface area (Å²) in [6.07, 6.45) is 2.02. The molecule has 0 heterocycles. The average molecular weight is 232 g/mol. The predicted molar refractivity (Wildman–Crippen MR) is 70.0 cm³/mol. The van der Waals surface area contributed by atoms with Crippen molar-refractivity contribution in [3.8, 4) is 6.07 Å². The fourth-order valence-corrected chi connectivity index (χ4v) is 2.16. The van der Waals surface area contributed by atoms with Gasteiger partial charge in [-0.15, -0.1) is 0 Å². The van der Waals surface area contributed by atoms with Crippen molar-refractivity contribution in [3.63, 3.8) is 0 Å². The van der Waals surface area contributed by atoms with Crippen LogP contribution < -0.4 is 4.90 Å². The van der Waals surface area contributed by atoms with Gasteiger partial charge < -0.3 is 10.0 Å². The van der Waals surface area contributed by atoms with E-state index >= 15 is 0 Å². The second-order valence-electron chi connectivity index (χ2n) is 4.02. The molecule has 0 atom stereocenters. The van der Waals surface area contributed by atoms with E-state index in [0.29, 0.717) is 18.2 Å². The van der Waals surface area contributed by atoms with Crippen LogP contribution in [0, 0.1) is 11.3 Å². The average Bonchev–Trinajstić information content (AvgIpc) is 2.39. The lowest BCUT2D eigenvalue weighted by molar-refractivity contribution is 0.296. The zero-order chi connectivity index (χ0) is 12.7. The second-order valence-corrected chi connectivity index (χ2v) is 4.02. The van der Waals surface area contributed by atoms with Crippen LogP contribution >= 0.6 is 0 Å². The Morgan fingerprint density at radius 3 is 2.47 bits per heavy atom. The molecule has 0 amide bonds. The molecule has 0 spiro atoms. The highest BCUT2D eigenvalue weighted by atomic mass is 16.3. The third kappa shape index (κ3) is 3.21. The van der Waals surface area contributed by atoms with Gasteiger partial charge >= 0.3 is 0 Å².